The van der Waals surface area contributed by atoms with Crippen molar-refractivity contribution in [3.63, 3.8) is 0 Å². The summed E-state index contributed by atoms with van der Waals surface area (Å²) in [5.41, 5.74) is 3.92. The van der Waals surface area contributed by atoms with Crippen LogP contribution in [0.25, 0.3) is 11.1 Å². The van der Waals surface area contributed by atoms with Crippen LogP contribution in [0.5, 0.6) is 5.75 Å². The van der Waals surface area contributed by atoms with Crippen molar-refractivity contribution >= 4 is 52.3 Å². The fraction of sp³-hybridized carbons (Fsp3) is 0.323. The quantitative estimate of drug-likeness (QED) is 0.391. The molecule has 5 rings (SSSR count). The molecule has 1 N–H and O–H groups in total. The molecule has 9 nitrogen and oxygen atoms in total. The van der Waals surface area contributed by atoms with Crippen molar-refractivity contribution < 1.29 is 23.9 Å². The van der Waals surface area contributed by atoms with E-state index in [1.165, 1.54) is 11.8 Å². The summed E-state index contributed by atoms with van der Waals surface area (Å²) in [6, 6.07) is 18.4. The first-order valence-corrected chi connectivity index (χ1v) is 14.4. The number of hydrogen-bond acceptors (Lipinski definition) is 6. The number of halogens is 2. The predicted molar refractivity (Wildman–Crippen MR) is 163 cm³/mol. The Kier molecular flexibility index (Phi) is 9.33. The molecule has 2 aliphatic heterocycles. The Hall–Kier alpha value is -3.63. The van der Waals surface area contributed by atoms with E-state index < -0.39 is 0 Å². The van der Waals surface area contributed by atoms with E-state index in [9.17, 15) is 14.4 Å². The first kappa shape index (κ1) is 29.8. The Morgan fingerprint density at radius 3 is 2.43 bits per heavy atom. The topological polar surface area (TPSA) is 91.4 Å². The third-order valence-electron chi connectivity index (χ3n) is 7.48. The highest BCUT2D eigenvalue weighted by molar-refractivity contribution is 6.42. The third-order valence-corrected chi connectivity index (χ3v) is 8.20. The number of fused-ring (bicyclic) bond motifs is 1. The summed E-state index contributed by atoms with van der Waals surface area (Å²) in [5, 5.41) is 3.46. The number of morpholine rings is 1. The first-order valence-electron chi connectivity index (χ1n) is 13.7. The second-order valence-corrected chi connectivity index (χ2v) is 11.1. The normalized spacial score (nSPS) is 15.9. The molecule has 3 aromatic rings. The zero-order chi connectivity index (χ0) is 29.8. The minimum atomic E-state index is -0.338. The summed E-state index contributed by atoms with van der Waals surface area (Å²) in [6.45, 7) is 4.49. The number of rotatable bonds is 8. The minimum absolute atomic E-state index is 0.142. The lowest BCUT2D eigenvalue weighted by Gasteiger charge is -2.37. The van der Waals surface area contributed by atoms with Crippen LogP contribution in [-0.4, -0.2) is 80.6 Å². The van der Waals surface area contributed by atoms with Gasteiger partial charge in [-0.3, -0.25) is 24.2 Å². The molecule has 1 saturated heterocycles. The number of amides is 3. The van der Waals surface area contributed by atoms with Gasteiger partial charge in [0.15, 0.2) is 6.61 Å². The molecule has 1 atom stereocenters. The summed E-state index contributed by atoms with van der Waals surface area (Å²) in [5.74, 6) is -0.314. The number of para-hydroxylation sites is 1. The van der Waals surface area contributed by atoms with Crippen LogP contribution in [0.2, 0.25) is 10.0 Å². The molecular formula is C31H32Cl2N4O5. The fourth-order valence-electron chi connectivity index (χ4n) is 5.19. The molecule has 0 aliphatic carbocycles. The molecule has 0 saturated carbocycles. The van der Waals surface area contributed by atoms with Crippen molar-refractivity contribution in [3.05, 3.63) is 76.3 Å². The summed E-state index contributed by atoms with van der Waals surface area (Å²) >= 11 is 12.4. The van der Waals surface area contributed by atoms with Gasteiger partial charge in [-0.2, -0.15) is 0 Å². The lowest BCUT2D eigenvalue weighted by Crippen LogP contribution is -2.48. The van der Waals surface area contributed by atoms with Gasteiger partial charge in [0.1, 0.15) is 12.3 Å². The lowest BCUT2D eigenvalue weighted by atomic mass is 9.98. The van der Waals surface area contributed by atoms with E-state index in [4.69, 9.17) is 32.7 Å². The second kappa shape index (κ2) is 13.1. The molecular weight excluding hydrogens is 579 g/mol. The molecule has 0 aromatic heterocycles. The van der Waals surface area contributed by atoms with E-state index in [-0.39, 0.29) is 41.9 Å². The van der Waals surface area contributed by atoms with Gasteiger partial charge in [0.25, 0.3) is 5.91 Å². The van der Waals surface area contributed by atoms with Gasteiger partial charge < -0.3 is 19.7 Å². The Labute approximate surface area is 254 Å². The van der Waals surface area contributed by atoms with Gasteiger partial charge in [-0.25, -0.2) is 0 Å². The number of anilines is 2. The number of carbonyl (C=O) groups is 3. The highest BCUT2D eigenvalue weighted by Crippen LogP contribution is 2.39. The van der Waals surface area contributed by atoms with Crippen LogP contribution in [0, 0.1) is 0 Å². The summed E-state index contributed by atoms with van der Waals surface area (Å²) in [6.07, 6.45) is 0. The van der Waals surface area contributed by atoms with Crippen LogP contribution in [0.15, 0.2) is 60.7 Å². The summed E-state index contributed by atoms with van der Waals surface area (Å²) in [7, 11) is 1.76. The molecule has 11 heteroatoms. The number of hydrogen-bond donors (Lipinski definition) is 1. The fourth-order valence-corrected chi connectivity index (χ4v) is 5.50. The van der Waals surface area contributed by atoms with Crippen LogP contribution in [0.4, 0.5) is 11.4 Å². The van der Waals surface area contributed by atoms with Crippen LogP contribution < -0.4 is 15.0 Å². The Balaban J connectivity index is 1.41. The predicted octanol–water partition coefficient (Wildman–Crippen LogP) is 4.88. The molecule has 2 aliphatic rings. The Morgan fingerprint density at radius 2 is 1.71 bits per heavy atom. The summed E-state index contributed by atoms with van der Waals surface area (Å²) in [4.78, 5) is 43.7. The van der Waals surface area contributed by atoms with Gasteiger partial charge in [-0.15, -0.1) is 0 Å². The smallest absolute Gasteiger partial charge is 0.265 e. The molecule has 0 bridgehead atoms. The number of likely N-dealkylation sites (N-methyl/N-ethyl adjacent to an activating group) is 1. The molecule has 3 aromatic carbocycles. The molecule has 2 heterocycles. The monoisotopic (exact) mass is 610 g/mol. The van der Waals surface area contributed by atoms with Gasteiger partial charge in [-0.05, 0) is 23.3 Å². The van der Waals surface area contributed by atoms with E-state index in [1.807, 2.05) is 48.5 Å². The summed E-state index contributed by atoms with van der Waals surface area (Å²) < 4.78 is 11.1. The van der Waals surface area contributed by atoms with Crippen molar-refractivity contribution in [3.8, 4) is 16.9 Å². The molecule has 0 radical (unpaired) electrons. The average molecular weight is 612 g/mol. The molecule has 3 amide bonds. The number of carbonyl (C=O) groups excluding carboxylic acids is 3. The zero-order valence-corrected chi connectivity index (χ0v) is 25.0. The molecule has 0 spiro atoms. The van der Waals surface area contributed by atoms with Gasteiger partial charge in [0.2, 0.25) is 11.8 Å². The number of nitrogens with zero attached hydrogens (tertiary/aromatic N) is 3. The largest absolute Gasteiger partial charge is 0.482 e. The lowest BCUT2D eigenvalue weighted by molar-refractivity contribution is -0.133. The van der Waals surface area contributed by atoms with Gasteiger partial charge >= 0.3 is 0 Å². The van der Waals surface area contributed by atoms with E-state index in [1.54, 1.807) is 24.1 Å². The van der Waals surface area contributed by atoms with Gasteiger partial charge in [0.05, 0.1) is 35.0 Å². The van der Waals surface area contributed by atoms with Gasteiger partial charge in [0, 0.05) is 50.9 Å². The number of nitrogens with one attached hydrogen (secondary N) is 1. The number of benzene rings is 3. The minimum Gasteiger partial charge on any atom is -0.482 e. The Bertz CT molecular complexity index is 1480. The standard InChI is InChI=1S/C31H32Cl2N4O5/c1-20(38)34-26-6-4-3-5-23(26)21-7-9-22(10-8-21)28(17-36-11-13-41-14-12-36)35(2)30(39)18-37-27-15-24(32)25(33)16-29(27)42-19-31(37)40/h3-10,15-16,28H,11-14,17-19H2,1-2H3,(H,34,38). The first-order chi connectivity index (χ1) is 20.2. The number of ether oxygens (including phenoxy) is 2. The van der Waals surface area contributed by atoms with Crippen LogP contribution in [0.3, 0.4) is 0 Å². The van der Waals surface area contributed by atoms with E-state index in [2.05, 4.69) is 10.2 Å². The van der Waals surface area contributed by atoms with Crippen molar-refractivity contribution in [1.82, 2.24) is 9.80 Å². The average Bonchev–Trinajstić information content (AvgIpc) is 2.98. The van der Waals surface area contributed by atoms with Crippen molar-refractivity contribution in [2.75, 3.05) is 63.3 Å². The third kappa shape index (κ3) is 6.71. The molecule has 1 unspecified atom stereocenters. The maximum atomic E-state index is 13.8. The maximum Gasteiger partial charge on any atom is 0.265 e. The highest BCUT2D eigenvalue weighted by atomic mass is 35.5. The van der Waals surface area contributed by atoms with E-state index in [0.717, 1.165) is 35.5 Å². The maximum absolute atomic E-state index is 13.8. The SMILES string of the molecule is CC(=O)Nc1ccccc1-c1ccc(C(CN2CCOCC2)N(C)C(=O)CN2C(=O)COc3cc(Cl)c(Cl)cc32)cc1. The molecule has 220 valence electrons. The second-order valence-electron chi connectivity index (χ2n) is 10.3. The van der Waals surface area contributed by atoms with E-state index in [0.29, 0.717) is 36.2 Å². The van der Waals surface area contributed by atoms with Crippen molar-refractivity contribution in [1.29, 1.82) is 0 Å². The zero-order valence-electron chi connectivity index (χ0n) is 23.4. The Morgan fingerprint density at radius 1 is 1.02 bits per heavy atom. The van der Waals surface area contributed by atoms with Crippen molar-refractivity contribution in [2.24, 2.45) is 0 Å². The molecule has 1 fully saturated rings. The van der Waals surface area contributed by atoms with Crippen molar-refractivity contribution in [2.45, 2.75) is 13.0 Å². The van der Waals surface area contributed by atoms with Crippen LogP contribution >= 0.6 is 23.2 Å². The van der Waals surface area contributed by atoms with Gasteiger partial charge in [-0.1, -0.05) is 65.7 Å². The highest BCUT2D eigenvalue weighted by Gasteiger charge is 2.32. The van der Waals surface area contributed by atoms with E-state index >= 15 is 0 Å². The van der Waals surface area contributed by atoms with Crippen LogP contribution in [-0.2, 0) is 19.1 Å². The molecule has 42 heavy (non-hydrogen) atoms. The van der Waals surface area contributed by atoms with Crippen LogP contribution in [0.1, 0.15) is 18.5 Å².